The molecule has 0 aliphatic carbocycles. The Hall–Kier alpha value is -2.93. The number of carbonyl (C=O) groups is 1. The quantitative estimate of drug-likeness (QED) is 0.736. The van der Waals surface area contributed by atoms with Crippen molar-refractivity contribution in [2.75, 3.05) is 26.8 Å². The van der Waals surface area contributed by atoms with Crippen molar-refractivity contribution >= 4 is 11.6 Å². The van der Waals surface area contributed by atoms with E-state index in [1.54, 1.807) is 18.1 Å². The number of hydrogen-bond acceptors (Lipinski definition) is 4. The van der Waals surface area contributed by atoms with Crippen molar-refractivity contribution in [3.05, 3.63) is 57.5 Å². The lowest BCUT2D eigenvalue weighted by Crippen LogP contribution is -2.28. The number of H-pyrrole nitrogens is 1. The maximum Gasteiger partial charge on any atom is 0.272 e. The van der Waals surface area contributed by atoms with E-state index in [1.165, 1.54) is 4.52 Å². The average Bonchev–Trinajstić information content (AvgIpc) is 3.21. The molecule has 3 heterocycles. The molecular weight excluding hydrogens is 356 g/mol. The Bertz CT molecular complexity index is 1100. The third-order valence-electron chi connectivity index (χ3n) is 5.38. The predicted octanol–water partition coefficient (Wildman–Crippen LogP) is 2.27. The summed E-state index contributed by atoms with van der Waals surface area (Å²) in [5, 5.41) is 3.19. The first kappa shape index (κ1) is 18.4. The molecule has 0 saturated carbocycles. The van der Waals surface area contributed by atoms with Crippen LogP contribution in [0.1, 0.15) is 29.2 Å². The fourth-order valence-corrected chi connectivity index (χ4v) is 3.85. The minimum atomic E-state index is -0.162. The first-order valence-corrected chi connectivity index (χ1v) is 9.44. The number of hydrogen-bond donors (Lipinski definition) is 1. The van der Waals surface area contributed by atoms with Crippen molar-refractivity contribution in [3.63, 3.8) is 0 Å². The molecule has 7 heteroatoms. The number of aromatic amines is 1. The van der Waals surface area contributed by atoms with Crippen LogP contribution in [0.5, 0.6) is 0 Å². The molecule has 4 rings (SSSR count). The predicted molar refractivity (Wildman–Crippen MR) is 107 cm³/mol. The van der Waals surface area contributed by atoms with Crippen molar-refractivity contribution in [2.24, 2.45) is 0 Å². The summed E-state index contributed by atoms with van der Waals surface area (Å²) >= 11 is 0. The molecule has 1 aliphatic heterocycles. The van der Waals surface area contributed by atoms with E-state index in [4.69, 9.17) is 9.72 Å². The Kier molecular flexibility index (Phi) is 4.77. The summed E-state index contributed by atoms with van der Waals surface area (Å²) in [6.07, 6.45) is 0.376. The third-order valence-corrected chi connectivity index (χ3v) is 5.38. The molecule has 1 aliphatic rings. The molecule has 1 N–H and O–H groups in total. The maximum absolute atomic E-state index is 12.7. The first-order chi connectivity index (χ1) is 13.5. The van der Waals surface area contributed by atoms with Crippen LogP contribution in [0.4, 0.5) is 0 Å². The Labute approximate surface area is 162 Å². The van der Waals surface area contributed by atoms with Crippen molar-refractivity contribution in [1.29, 1.82) is 0 Å². The highest BCUT2D eigenvalue weighted by atomic mass is 16.5. The van der Waals surface area contributed by atoms with Gasteiger partial charge in [0.1, 0.15) is 0 Å². The zero-order valence-corrected chi connectivity index (χ0v) is 16.4. The van der Waals surface area contributed by atoms with Gasteiger partial charge in [-0.15, -0.1) is 0 Å². The summed E-state index contributed by atoms with van der Waals surface area (Å²) < 4.78 is 6.55. The van der Waals surface area contributed by atoms with Gasteiger partial charge < -0.3 is 9.64 Å². The number of benzene rings is 1. The summed E-state index contributed by atoms with van der Waals surface area (Å²) in [6.45, 7) is 5.64. The van der Waals surface area contributed by atoms with Crippen LogP contribution in [0.2, 0.25) is 0 Å². The molecule has 28 heavy (non-hydrogen) atoms. The Balaban J connectivity index is 1.72. The van der Waals surface area contributed by atoms with Gasteiger partial charge in [-0.25, -0.2) is 9.50 Å². The number of methoxy groups -OCH3 is 1. The largest absolute Gasteiger partial charge is 0.383 e. The maximum atomic E-state index is 12.7. The van der Waals surface area contributed by atoms with E-state index in [1.807, 2.05) is 32.0 Å². The van der Waals surface area contributed by atoms with E-state index >= 15 is 0 Å². The van der Waals surface area contributed by atoms with E-state index in [9.17, 15) is 9.59 Å². The number of nitrogens with one attached hydrogen (secondary N) is 1. The van der Waals surface area contributed by atoms with Crippen LogP contribution in [0, 0.1) is 13.8 Å². The van der Waals surface area contributed by atoms with Gasteiger partial charge in [0.2, 0.25) is 5.91 Å². The number of rotatable bonds is 5. The minimum Gasteiger partial charge on any atom is -0.383 e. The molecule has 1 aromatic carbocycles. The van der Waals surface area contributed by atoms with Gasteiger partial charge in [0.05, 0.1) is 18.0 Å². The monoisotopic (exact) mass is 380 g/mol. The molecule has 2 aromatic heterocycles. The number of carbonyl (C=O) groups excluding carboxylic acids is 1. The minimum absolute atomic E-state index is 0.0706. The number of fused-ring (bicyclic) bond motifs is 1. The lowest BCUT2D eigenvalue weighted by Gasteiger charge is -2.15. The molecule has 146 valence electrons. The first-order valence-electron chi connectivity index (χ1n) is 9.44. The second-order valence-corrected chi connectivity index (χ2v) is 7.39. The average molecular weight is 380 g/mol. The van der Waals surface area contributed by atoms with Gasteiger partial charge in [0.25, 0.3) is 5.56 Å². The second kappa shape index (κ2) is 7.24. The van der Waals surface area contributed by atoms with Gasteiger partial charge >= 0.3 is 0 Å². The fourth-order valence-electron chi connectivity index (χ4n) is 3.85. The molecule has 0 spiro atoms. The lowest BCUT2D eigenvalue weighted by molar-refractivity contribution is -0.128. The molecule has 0 unspecified atom stereocenters. The van der Waals surface area contributed by atoms with E-state index in [2.05, 4.69) is 11.2 Å². The molecule has 7 nitrogen and oxygen atoms in total. The van der Waals surface area contributed by atoms with Crippen molar-refractivity contribution in [1.82, 2.24) is 19.5 Å². The van der Waals surface area contributed by atoms with E-state index in [-0.39, 0.29) is 17.4 Å². The smallest absolute Gasteiger partial charge is 0.272 e. The van der Waals surface area contributed by atoms with Crippen molar-refractivity contribution in [3.8, 4) is 11.3 Å². The summed E-state index contributed by atoms with van der Waals surface area (Å²) in [6, 6.07) is 9.67. The Morgan fingerprint density at radius 1 is 1.25 bits per heavy atom. The van der Waals surface area contributed by atoms with E-state index < -0.39 is 0 Å². The normalized spacial score (nSPS) is 17.0. The van der Waals surface area contributed by atoms with Crippen LogP contribution in [0.25, 0.3) is 16.9 Å². The molecule has 1 fully saturated rings. The molecule has 1 amide bonds. The van der Waals surface area contributed by atoms with Crippen LogP contribution in [0.3, 0.4) is 0 Å². The Morgan fingerprint density at radius 3 is 2.82 bits per heavy atom. The highest BCUT2D eigenvalue weighted by molar-refractivity contribution is 5.79. The van der Waals surface area contributed by atoms with Gasteiger partial charge in [-0.1, -0.05) is 23.8 Å². The summed E-state index contributed by atoms with van der Waals surface area (Å²) in [7, 11) is 1.62. The molecule has 1 saturated heterocycles. The van der Waals surface area contributed by atoms with Gasteiger partial charge in [-0.3, -0.25) is 14.7 Å². The summed E-state index contributed by atoms with van der Waals surface area (Å²) in [4.78, 5) is 31.5. The second-order valence-electron chi connectivity index (χ2n) is 7.39. The van der Waals surface area contributed by atoms with E-state index in [0.717, 1.165) is 22.4 Å². The fraction of sp³-hybridized carbons (Fsp3) is 0.381. The number of aryl methyl sites for hydroxylation is 2. The zero-order chi connectivity index (χ0) is 19.8. The highest BCUT2D eigenvalue weighted by Gasteiger charge is 2.32. The SMILES string of the molecule is COCCN1C[C@@H](c2cc(=O)n3[nH]c(-c4cccc(C)c4)c(C)c3n2)CC1=O. The van der Waals surface area contributed by atoms with Crippen molar-refractivity contribution < 1.29 is 9.53 Å². The summed E-state index contributed by atoms with van der Waals surface area (Å²) in [5.74, 6) is 0.00839. The van der Waals surface area contributed by atoms with Gasteiger partial charge in [-0.2, -0.15) is 0 Å². The molecule has 3 aromatic rings. The number of aromatic nitrogens is 3. The van der Waals surface area contributed by atoms with Crippen molar-refractivity contribution in [2.45, 2.75) is 26.2 Å². The summed E-state index contributed by atoms with van der Waals surface area (Å²) in [5.41, 5.74) is 5.10. The molecule has 0 radical (unpaired) electrons. The van der Waals surface area contributed by atoms with Gasteiger partial charge in [0.15, 0.2) is 5.65 Å². The van der Waals surface area contributed by atoms with Crippen LogP contribution < -0.4 is 5.56 Å². The standard InChI is InChI=1S/C21H24N4O3/c1-13-5-4-6-15(9-13)20-14(2)21-22-17(11-19(27)25(21)23-20)16-10-18(26)24(12-16)7-8-28-3/h4-6,9,11,16,23H,7-8,10,12H2,1-3H3/t16-/m0/s1. The highest BCUT2D eigenvalue weighted by Crippen LogP contribution is 2.29. The van der Waals surface area contributed by atoms with Crippen LogP contribution >= 0.6 is 0 Å². The van der Waals surface area contributed by atoms with Gasteiger partial charge in [-0.05, 0) is 19.9 Å². The molecule has 0 bridgehead atoms. The number of nitrogens with zero attached hydrogens (tertiary/aromatic N) is 3. The topological polar surface area (TPSA) is 79.7 Å². The Morgan fingerprint density at radius 2 is 2.07 bits per heavy atom. The third kappa shape index (κ3) is 3.22. The van der Waals surface area contributed by atoms with Gasteiger partial charge in [0, 0.05) is 49.7 Å². The lowest BCUT2D eigenvalue weighted by atomic mass is 10.0. The molecule has 1 atom stereocenters. The van der Waals surface area contributed by atoms with Crippen LogP contribution in [-0.2, 0) is 9.53 Å². The zero-order valence-electron chi connectivity index (χ0n) is 16.4. The van der Waals surface area contributed by atoms with E-state index in [0.29, 0.717) is 37.5 Å². The number of ether oxygens (including phenoxy) is 1. The molecular formula is C21H24N4O3. The number of amides is 1. The van der Waals surface area contributed by atoms with Crippen LogP contribution in [-0.4, -0.2) is 52.2 Å². The number of likely N-dealkylation sites (tertiary alicyclic amines) is 1. The van der Waals surface area contributed by atoms with Crippen LogP contribution in [0.15, 0.2) is 35.1 Å².